The lowest BCUT2D eigenvalue weighted by atomic mass is 9.78. The first-order valence-corrected chi connectivity index (χ1v) is 19.5. The number of carbonyl (C=O) groups is 3. The monoisotopic (exact) mass is 759 g/mol. The Labute approximate surface area is 328 Å². The predicted octanol–water partition coefficient (Wildman–Crippen LogP) is 6.77. The van der Waals surface area contributed by atoms with E-state index in [1.54, 1.807) is 18.6 Å². The van der Waals surface area contributed by atoms with Crippen LogP contribution in [0, 0.1) is 11.8 Å². The van der Waals surface area contributed by atoms with E-state index < -0.39 is 0 Å². The lowest BCUT2D eigenvalue weighted by Gasteiger charge is -2.30. The number of aromatic amines is 2. The van der Waals surface area contributed by atoms with Crippen LogP contribution in [-0.2, 0) is 19.1 Å². The number of likely N-dealkylation sites (tertiary alicyclic amines) is 1. The summed E-state index contributed by atoms with van der Waals surface area (Å²) in [5.74, 6) is 2.00. The van der Waals surface area contributed by atoms with E-state index in [-0.39, 0.29) is 47.7 Å². The highest BCUT2D eigenvalue weighted by Crippen LogP contribution is 2.38. The van der Waals surface area contributed by atoms with Gasteiger partial charge >= 0.3 is 0 Å². The predicted molar refractivity (Wildman–Crippen MR) is 215 cm³/mol. The van der Waals surface area contributed by atoms with Crippen LogP contribution in [0.5, 0.6) is 0 Å². The molecule has 4 unspecified atom stereocenters. The van der Waals surface area contributed by atoms with E-state index in [2.05, 4.69) is 97.7 Å². The summed E-state index contributed by atoms with van der Waals surface area (Å²) in [6.07, 6.45) is 14.5. The molecular weight excluding hydrogens is 707 g/mol. The highest BCUT2D eigenvalue weighted by atomic mass is 16.5. The zero-order chi connectivity index (χ0) is 39.6. The molecule has 13 nitrogen and oxygen atoms in total. The van der Waals surface area contributed by atoms with Crippen LogP contribution in [0.25, 0.3) is 33.6 Å². The van der Waals surface area contributed by atoms with E-state index in [1.165, 1.54) is 7.11 Å². The summed E-state index contributed by atoms with van der Waals surface area (Å²) in [4.78, 5) is 62.7. The van der Waals surface area contributed by atoms with Gasteiger partial charge in [-0.2, -0.15) is 0 Å². The van der Waals surface area contributed by atoms with E-state index in [9.17, 15) is 9.59 Å². The first kappa shape index (κ1) is 40.0. The Morgan fingerprint density at radius 1 is 0.804 bits per heavy atom. The van der Waals surface area contributed by atoms with Crippen LogP contribution < -0.4 is 10.6 Å². The Hall–Kier alpha value is -5.69. The van der Waals surface area contributed by atoms with Crippen molar-refractivity contribution in [3.63, 3.8) is 0 Å². The second kappa shape index (κ2) is 18.8. The number of carbonyl (C=O) groups excluding carboxylic acids is 3. The van der Waals surface area contributed by atoms with Gasteiger partial charge in [0.25, 0.3) is 6.47 Å². The van der Waals surface area contributed by atoms with Crippen molar-refractivity contribution >= 4 is 18.3 Å². The number of amides is 2. The molecule has 5 aromatic rings. The van der Waals surface area contributed by atoms with Gasteiger partial charge in [0.05, 0.1) is 60.9 Å². The molecule has 294 valence electrons. The molecule has 5 atom stereocenters. The number of benzene rings is 2. The standard InChI is InChI=1S/C41H49N9O2.C2H4O2/c1-25(2)37(42-4)41(52)50-21-7-10-36(50)39-46-24-35(49-39)30-17-13-28(14-18-30)27-11-15-29(16-12-27)34-23-45-38(48-34)31-8-5-6-9-32(31)40(51)47-26(3)33-22-43-19-20-44-33;1-4-2-3/h11-20,22-26,31-32,36-37,42H,5-10,21H2,1-4H3,(H,45,48)(H,46,49)(H,47,51);2H,1H3/t26?,31-,32?,36?,37?;/m1./s1. The minimum atomic E-state index is -0.212. The fourth-order valence-corrected chi connectivity index (χ4v) is 7.94. The van der Waals surface area contributed by atoms with Gasteiger partial charge < -0.3 is 30.2 Å². The summed E-state index contributed by atoms with van der Waals surface area (Å²) in [7, 11) is 3.17. The van der Waals surface area contributed by atoms with E-state index in [0.717, 1.165) is 96.1 Å². The first-order chi connectivity index (χ1) is 27.2. The van der Waals surface area contributed by atoms with Crippen LogP contribution in [0.3, 0.4) is 0 Å². The number of ether oxygens (including phenoxy) is 1. The fraction of sp³-hybridized carbons (Fsp3) is 0.419. The van der Waals surface area contributed by atoms with Gasteiger partial charge in [-0.1, -0.05) is 75.2 Å². The minimum absolute atomic E-state index is 0.0346. The van der Waals surface area contributed by atoms with Gasteiger partial charge in [-0.05, 0) is 67.8 Å². The number of rotatable bonds is 12. The molecule has 1 saturated carbocycles. The number of nitrogens with one attached hydrogen (secondary N) is 4. The Balaban J connectivity index is 0.00000127. The van der Waals surface area contributed by atoms with E-state index in [1.807, 2.05) is 31.3 Å². The molecule has 4 heterocycles. The van der Waals surface area contributed by atoms with Gasteiger partial charge in [0.1, 0.15) is 11.6 Å². The molecule has 1 aliphatic heterocycles. The van der Waals surface area contributed by atoms with Crippen molar-refractivity contribution < 1.29 is 19.1 Å². The fourth-order valence-electron chi connectivity index (χ4n) is 7.94. The SMILES string of the molecule is CNC(C(=O)N1CCCC1c1ncc(-c2ccc(-c3ccc(-c4cnc([C@@H]5CCCCC5C(=O)NC(C)c5cnccn5)[nH]4)cc3)cc2)[nH]1)C(C)C.COC=O. The average Bonchev–Trinajstić information content (AvgIpc) is 4.04. The third-order valence-electron chi connectivity index (χ3n) is 10.9. The third kappa shape index (κ3) is 9.22. The maximum absolute atomic E-state index is 13.4. The number of likely N-dealkylation sites (N-methyl/N-ethyl adjacent to an activating group) is 1. The molecule has 4 N–H and O–H groups in total. The molecule has 2 aromatic carbocycles. The topological polar surface area (TPSA) is 171 Å². The van der Waals surface area contributed by atoms with Gasteiger partial charge in [0.15, 0.2) is 0 Å². The van der Waals surface area contributed by atoms with Gasteiger partial charge in [-0.15, -0.1) is 0 Å². The number of nitrogens with zero attached hydrogens (tertiary/aromatic N) is 5. The van der Waals surface area contributed by atoms with E-state index in [0.29, 0.717) is 6.47 Å². The maximum atomic E-state index is 13.4. The van der Waals surface area contributed by atoms with Crippen LogP contribution in [-0.4, -0.2) is 79.8 Å². The molecule has 7 rings (SSSR count). The van der Waals surface area contributed by atoms with Gasteiger partial charge in [-0.3, -0.25) is 24.4 Å². The number of H-pyrrole nitrogens is 2. The lowest BCUT2D eigenvalue weighted by Crippen LogP contribution is -2.47. The van der Waals surface area contributed by atoms with E-state index in [4.69, 9.17) is 14.8 Å². The summed E-state index contributed by atoms with van der Waals surface area (Å²) in [5.41, 5.74) is 6.97. The number of hydrogen-bond acceptors (Lipinski definition) is 9. The van der Waals surface area contributed by atoms with Crippen molar-refractivity contribution in [2.45, 2.75) is 83.3 Å². The molecule has 1 aliphatic carbocycles. The minimum Gasteiger partial charge on any atom is -0.471 e. The van der Waals surface area contributed by atoms with E-state index >= 15 is 0 Å². The van der Waals surface area contributed by atoms with Crippen LogP contribution >= 0.6 is 0 Å². The molecule has 0 spiro atoms. The number of hydrogen-bond donors (Lipinski definition) is 4. The molecule has 56 heavy (non-hydrogen) atoms. The first-order valence-electron chi connectivity index (χ1n) is 19.5. The number of aromatic nitrogens is 6. The summed E-state index contributed by atoms with van der Waals surface area (Å²) >= 11 is 0. The molecule has 1 saturated heterocycles. The van der Waals surface area contributed by atoms with Gasteiger partial charge in [0, 0.05) is 30.8 Å². The second-order valence-corrected chi connectivity index (χ2v) is 14.9. The Morgan fingerprint density at radius 2 is 1.39 bits per heavy atom. The quantitative estimate of drug-likeness (QED) is 0.100. The highest BCUT2D eigenvalue weighted by Gasteiger charge is 2.37. The molecule has 2 fully saturated rings. The van der Waals surface area contributed by atoms with Crippen LogP contribution in [0.15, 0.2) is 79.5 Å². The van der Waals surface area contributed by atoms with Crippen molar-refractivity contribution in [3.8, 4) is 33.6 Å². The van der Waals surface area contributed by atoms with Crippen LogP contribution in [0.2, 0.25) is 0 Å². The smallest absolute Gasteiger partial charge is 0.292 e. The highest BCUT2D eigenvalue weighted by molar-refractivity contribution is 5.83. The summed E-state index contributed by atoms with van der Waals surface area (Å²) in [6, 6.07) is 16.5. The molecular formula is C43H53N9O4. The number of methoxy groups -OCH3 is 1. The molecule has 2 aliphatic rings. The maximum Gasteiger partial charge on any atom is 0.292 e. The Morgan fingerprint density at radius 3 is 1.96 bits per heavy atom. The zero-order valence-electron chi connectivity index (χ0n) is 32.9. The van der Waals surface area contributed by atoms with Crippen LogP contribution in [0.1, 0.15) is 94.6 Å². The molecule has 3 aromatic heterocycles. The van der Waals surface area contributed by atoms with Crippen molar-refractivity contribution in [3.05, 3.63) is 96.9 Å². The molecule has 0 radical (unpaired) electrons. The molecule has 0 bridgehead atoms. The van der Waals surface area contributed by atoms with Crippen molar-refractivity contribution in [1.82, 2.24) is 45.4 Å². The second-order valence-electron chi connectivity index (χ2n) is 14.9. The Kier molecular flexibility index (Phi) is 13.4. The zero-order valence-corrected chi connectivity index (χ0v) is 32.9. The summed E-state index contributed by atoms with van der Waals surface area (Å²) in [5, 5.41) is 6.36. The normalized spacial score (nSPS) is 19.1. The molecule has 13 heteroatoms. The lowest BCUT2D eigenvalue weighted by molar-refractivity contribution is -0.135. The summed E-state index contributed by atoms with van der Waals surface area (Å²) < 4.78 is 3.86. The van der Waals surface area contributed by atoms with Gasteiger partial charge in [0.2, 0.25) is 11.8 Å². The van der Waals surface area contributed by atoms with Gasteiger partial charge in [-0.25, -0.2) is 9.97 Å². The van der Waals surface area contributed by atoms with Crippen LogP contribution in [0.4, 0.5) is 0 Å². The Bertz CT molecular complexity index is 2030. The van der Waals surface area contributed by atoms with Crippen molar-refractivity contribution in [2.24, 2.45) is 11.8 Å². The van der Waals surface area contributed by atoms with Crippen molar-refractivity contribution in [1.29, 1.82) is 0 Å². The number of imidazole rings is 2. The third-order valence-corrected chi connectivity index (χ3v) is 10.9. The van der Waals surface area contributed by atoms with Crippen molar-refractivity contribution in [2.75, 3.05) is 20.7 Å². The largest absolute Gasteiger partial charge is 0.471 e. The molecule has 2 amide bonds. The average molecular weight is 760 g/mol. The summed E-state index contributed by atoms with van der Waals surface area (Å²) in [6.45, 7) is 7.22.